The minimum atomic E-state index is -1.09. The quantitative estimate of drug-likeness (QED) is 0.241. The molecule has 1 aliphatic heterocycles. The third kappa shape index (κ3) is 5.29. The van der Waals surface area contributed by atoms with Gasteiger partial charge in [0.1, 0.15) is 24.3 Å². The number of hydrogen-bond donors (Lipinski definition) is 0. The maximum absolute atomic E-state index is 14.2. The average molecular weight is 600 g/mol. The van der Waals surface area contributed by atoms with Gasteiger partial charge in [-0.15, -0.1) is 20.4 Å². The lowest BCUT2D eigenvalue weighted by molar-refractivity contribution is -0.149. The molecule has 0 radical (unpaired) electrons. The summed E-state index contributed by atoms with van der Waals surface area (Å²) in [5, 5.41) is 21.6. The number of tetrazole rings is 1. The largest absolute Gasteiger partial charge is 0.493 e. The Morgan fingerprint density at radius 2 is 1.93 bits per heavy atom. The standard InChI is InChI=1S/C28H31ClFN7O5/c1-6-41-27(38)28(2,3)26-33-35-36(34-26)13-12-21-25-32-31-22(15-30)37(25)19-11-10-16(29)14-18(19)23(42-21)17-8-7-9-20(39-4)24(17)40-5/h7-11,14,21,23H,6,12-13,15H2,1-5H3/t21-,23-/m1/s1. The van der Waals surface area contributed by atoms with Gasteiger partial charge in [0.15, 0.2) is 29.0 Å². The third-order valence-electron chi connectivity index (χ3n) is 7.08. The van der Waals surface area contributed by atoms with E-state index in [0.717, 1.165) is 0 Å². The van der Waals surface area contributed by atoms with Crippen LogP contribution in [-0.2, 0) is 32.9 Å². The summed E-state index contributed by atoms with van der Waals surface area (Å²) in [5.41, 5.74) is 0.896. The number of benzene rings is 2. The number of fused-ring (bicyclic) bond motifs is 3. The van der Waals surface area contributed by atoms with Crippen LogP contribution in [0.15, 0.2) is 36.4 Å². The number of aromatic nitrogens is 7. The Kier molecular flexibility index (Phi) is 8.41. The maximum atomic E-state index is 14.2. The summed E-state index contributed by atoms with van der Waals surface area (Å²) in [6.45, 7) is 4.73. The second kappa shape index (κ2) is 12.0. The van der Waals surface area contributed by atoms with Crippen LogP contribution in [0.5, 0.6) is 11.5 Å². The highest BCUT2D eigenvalue weighted by atomic mass is 35.5. The highest BCUT2D eigenvalue weighted by Gasteiger charge is 2.38. The lowest BCUT2D eigenvalue weighted by Crippen LogP contribution is -2.32. The molecule has 0 unspecified atom stereocenters. The minimum Gasteiger partial charge on any atom is -0.493 e. The Morgan fingerprint density at radius 1 is 1.12 bits per heavy atom. The number of alkyl halides is 1. The van der Waals surface area contributed by atoms with Crippen molar-refractivity contribution < 1.29 is 28.1 Å². The first-order valence-electron chi connectivity index (χ1n) is 13.3. The van der Waals surface area contributed by atoms with Crippen LogP contribution >= 0.6 is 11.6 Å². The predicted octanol–water partition coefficient (Wildman–Crippen LogP) is 4.49. The molecule has 2 aromatic heterocycles. The van der Waals surface area contributed by atoms with Gasteiger partial charge in [0.2, 0.25) is 0 Å². The van der Waals surface area contributed by atoms with E-state index in [0.29, 0.717) is 45.6 Å². The van der Waals surface area contributed by atoms with Crippen molar-refractivity contribution in [1.29, 1.82) is 0 Å². The molecule has 4 aromatic rings. The lowest BCUT2D eigenvalue weighted by atomic mass is 9.93. The molecule has 1 aliphatic rings. The number of halogens is 2. The molecule has 2 atom stereocenters. The third-order valence-corrected chi connectivity index (χ3v) is 7.32. The van der Waals surface area contributed by atoms with Crippen LogP contribution < -0.4 is 9.47 Å². The zero-order chi connectivity index (χ0) is 30.0. The van der Waals surface area contributed by atoms with Crippen LogP contribution in [0.1, 0.15) is 68.0 Å². The van der Waals surface area contributed by atoms with Crippen LogP contribution in [0.2, 0.25) is 5.02 Å². The first kappa shape index (κ1) is 29.4. The average Bonchev–Trinajstić information content (AvgIpc) is 3.62. The Hall–Kier alpha value is -4.10. The fourth-order valence-corrected chi connectivity index (χ4v) is 5.09. The molecule has 0 N–H and O–H groups in total. The van der Waals surface area contributed by atoms with E-state index in [4.69, 9.17) is 30.5 Å². The van der Waals surface area contributed by atoms with Crippen molar-refractivity contribution in [3.63, 3.8) is 0 Å². The molecule has 0 saturated heterocycles. The molecular weight excluding hydrogens is 569 g/mol. The number of carbonyl (C=O) groups excluding carboxylic acids is 1. The molecule has 12 nitrogen and oxygen atoms in total. The van der Waals surface area contributed by atoms with Crippen molar-refractivity contribution in [2.45, 2.75) is 58.0 Å². The summed E-state index contributed by atoms with van der Waals surface area (Å²) >= 11 is 6.46. The number of ether oxygens (including phenoxy) is 4. The number of carbonyl (C=O) groups is 1. The van der Waals surface area contributed by atoms with E-state index in [1.54, 1.807) is 63.8 Å². The van der Waals surface area contributed by atoms with Gasteiger partial charge < -0.3 is 18.9 Å². The second-order valence-corrected chi connectivity index (χ2v) is 10.5. The first-order chi connectivity index (χ1) is 20.2. The van der Waals surface area contributed by atoms with Gasteiger partial charge in [-0.3, -0.25) is 9.36 Å². The summed E-state index contributed by atoms with van der Waals surface area (Å²) in [7, 11) is 3.11. The van der Waals surface area contributed by atoms with Gasteiger partial charge in [-0.2, -0.15) is 4.80 Å². The fraction of sp³-hybridized carbons (Fsp3) is 0.429. The predicted molar refractivity (Wildman–Crippen MR) is 148 cm³/mol. The Bertz CT molecular complexity index is 1590. The summed E-state index contributed by atoms with van der Waals surface area (Å²) in [6, 6.07) is 10.8. The number of nitrogens with zero attached hydrogens (tertiary/aromatic N) is 7. The van der Waals surface area contributed by atoms with Crippen molar-refractivity contribution >= 4 is 17.6 Å². The van der Waals surface area contributed by atoms with E-state index in [2.05, 4.69) is 25.6 Å². The number of aryl methyl sites for hydroxylation is 1. The number of rotatable bonds is 10. The molecule has 0 bridgehead atoms. The number of hydrogen-bond acceptors (Lipinski definition) is 10. The van der Waals surface area contributed by atoms with Crippen molar-refractivity contribution in [2.24, 2.45) is 0 Å². The zero-order valence-electron chi connectivity index (χ0n) is 23.9. The molecule has 0 aliphatic carbocycles. The van der Waals surface area contributed by atoms with Gasteiger partial charge in [0, 0.05) is 22.6 Å². The van der Waals surface area contributed by atoms with Crippen molar-refractivity contribution in [1.82, 2.24) is 35.0 Å². The van der Waals surface area contributed by atoms with Crippen molar-refractivity contribution in [2.75, 3.05) is 20.8 Å². The maximum Gasteiger partial charge on any atom is 0.319 e. The molecule has 42 heavy (non-hydrogen) atoms. The summed E-state index contributed by atoms with van der Waals surface area (Å²) in [5.74, 6) is 1.32. The van der Waals surface area contributed by atoms with Crippen LogP contribution in [0.25, 0.3) is 5.69 Å². The van der Waals surface area contributed by atoms with Crippen LogP contribution in [0.3, 0.4) is 0 Å². The van der Waals surface area contributed by atoms with Gasteiger partial charge in [0.05, 0.1) is 33.1 Å². The molecule has 5 rings (SSSR count). The molecule has 0 amide bonds. The summed E-state index contributed by atoms with van der Waals surface area (Å²) < 4.78 is 39.1. The second-order valence-electron chi connectivity index (χ2n) is 10.1. The van der Waals surface area contributed by atoms with E-state index in [1.165, 1.54) is 4.80 Å². The molecular formula is C28H31ClFN7O5. The number of methoxy groups -OCH3 is 2. The van der Waals surface area contributed by atoms with Gasteiger partial charge >= 0.3 is 5.97 Å². The highest BCUT2D eigenvalue weighted by molar-refractivity contribution is 6.30. The molecule has 222 valence electrons. The fourth-order valence-electron chi connectivity index (χ4n) is 4.91. The van der Waals surface area contributed by atoms with Crippen LogP contribution in [0, 0.1) is 0 Å². The zero-order valence-corrected chi connectivity index (χ0v) is 24.6. The minimum absolute atomic E-state index is 0.123. The van der Waals surface area contributed by atoms with E-state index in [9.17, 15) is 9.18 Å². The molecule has 3 heterocycles. The van der Waals surface area contributed by atoms with E-state index >= 15 is 0 Å². The van der Waals surface area contributed by atoms with E-state index in [-0.39, 0.29) is 24.8 Å². The summed E-state index contributed by atoms with van der Waals surface area (Å²) in [4.78, 5) is 13.8. The van der Waals surface area contributed by atoms with Gasteiger partial charge in [0.25, 0.3) is 0 Å². The topological polar surface area (TPSA) is 128 Å². The summed E-state index contributed by atoms with van der Waals surface area (Å²) in [6.07, 6.45) is -1.09. The Labute approximate surface area is 246 Å². The van der Waals surface area contributed by atoms with E-state index < -0.39 is 30.3 Å². The smallest absolute Gasteiger partial charge is 0.319 e. The first-order valence-corrected chi connectivity index (χ1v) is 13.7. The monoisotopic (exact) mass is 599 g/mol. The molecule has 0 saturated carbocycles. The Morgan fingerprint density at radius 3 is 2.64 bits per heavy atom. The van der Waals surface area contributed by atoms with Crippen LogP contribution in [-0.4, -0.2) is 61.8 Å². The highest BCUT2D eigenvalue weighted by Crippen LogP contribution is 2.46. The molecule has 14 heteroatoms. The van der Waals surface area contributed by atoms with Gasteiger partial charge in [-0.25, -0.2) is 4.39 Å². The lowest BCUT2D eigenvalue weighted by Gasteiger charge is -2.25. The normalized spacial score (nSPS) is 16.4. The number of esters is 1. The SMILES string of the molecule is CCOC(=O)C(C)(C)c1nnn(CC[C@H]2O[C@H](c3cccc(OC)c3OC)c3cc(Cl)ccc3-n3c(CF)nnc32)n1. The van der Waals surface area contributed by atoms with Gasteiger partial charge in [-0.1, -0.05) is 23.7 Å². The molecule has 2 aromatic carbocycles. The van der Waals surface area contributed by atoms with Gasteiger partial charge in [-0.05, 0) is 50.3 Å². The van der Waals surface area contributed by atoms with Crippen LogP contribution in [0.4, 0.5) is 4.39 Å². The van der Waals surface area contributed by atoms with E-state index in [1.807, 2.05) is 12.1 Å². The van der Waals surface area contributed by atoms with Crippen molar-refractivity contribution in [3.8, 4) is 17.2 Å². The molecule has 0 spiro atoms. The van der Waals surface area contributed by atoms with Crippen molar-refractivity contribution in [3.05, 3.63) is 70.0 Å². The number of para-hydroxylation sites is 1. The molecule has 0 fully saturated rings. The Balaban J connectivity index is 1.55.